The Labute approximate surface area is 149 Å². The fraction of sp³-hybridized carbons (Fsp3) is 0.571. The van der Waals surface area contributed by atoms with Gasteiger partial charge in [-0.1, -0.05) is 18.4 Å². The number of hydrogen-bond acceptors (Lipinski definition) is 3. The van der Waals surface area contributed by atoms with E-state index in [1.807, 2.05) is 18.2 Å². The lowest BCUT2D eigenvalue weighted by molar-refractivity contribution is -0.143. The van der Waals surface area contributed by atoms with Gasteiger partial charge in [0.2, 0.25) is 0 Å². The first-order valence-corrected chi connectivity index (χ1v) is 9.14. The predicted molar refractivity (Wildman–Crippen MR) is 96.0 cm³/mol. The van der Waals surface area contributed by atoms with Crippen LogP contribution < -0.4 is 9.47 Å². The summed E-state index contributed by atoms with van der Waals surface area (Å²) in [5.74, 6) is 3.20. The molecule has 0 heterocycles. The molecule has 0 spiro atoms. The molecule has 0 aromatic heterocycles. The molecule has 1 aromatic carbocycles. The number of aliphatic carboxylic acids is 1. The summed E-state index contributed by atoms with van der Waals surface area (Å²) in [6, 6.07) is 5.83. The second-order valence-electron chi connectivity index (χ2n) is 7.25. The van der Waals surface area contributed by atoms with E-state index in [4.69, 9.17) is 15.9 Å². The van der Waals surface area contributed by atoms with Crippen LogP contribution in [0.1, 0.15) is 56.9 Å². The molecule has 25 heavy (non-hydrogen) atoms. The molecule has 4 heteroatoms. The van der Waals surface area contributed by atoms with Gasteiger partial charge >= 0.3 is 5.97 Å². The maximum absolute atomic E-state index is 11.5. The van der Waals surface area contributed by atoms with Crippen LogP contribution in [0.2, 0.25) is 0 Å². The van der Waals surface area contributed by atoms with Crippen molar-refractivity contribution >= 4 is 5.97 Å². The highest BCUT2D eigenvalue weighted by Crippen LogP contribution is 2.44. The molecule has 134 valence electrons. The first-order chi connectivity index (χ1) is 12.1. The van der Waals surface area contributed by atoms with Crippen LogP contribution in [-0.2, 0) is 10.2 Å². The molecule has 2 fully saturated rings. The predicted octanol–water partition coefficient (Wildman–Crippen LogP) is 4.16. The zero-order valence-electron chi connectivity index (χ0n) is 14.8. The largest absolute Gasteiger partial charge is 0.493 e. The summed E-state index contributed by atoms with van der Waals surface area (Å²) in [6.45, 7) is 0. The van der Waals surface area contributed by atoms with E-state index in [0.29, 0.717) is 18.6 Å². The molecule has 2 saturated carbocycles. The number of carboxylic acid groups (broad SMARTS) is 1. The Morgan fingerprint density at radius 2 is 2.00 bits per heavy atom. The van der Waals surface area contributed by atoms with E-state index in [-0.39, 0.29) is 12.0 Å². The molecule has 2 atom stereocenters. The lowest BCUT2D eigenvalue weighted by Gasteiger charge is -2.36. The van der Waals surface area contributed by atoms with Crippen LogP contribution in [0, 0.1) is 18.3 Å². The van der Waals surface area contributed by atoms with Crippen molar-refractivity contribution in [3.05, 3.63) is 23.8 Å². The Morgan fingerprint density at radius 1 is 1.24 bits per heavy atom. The molecule has 1 N–H and O–H groups in total. The maximum Gasteiger partial charge on any atom is 0.306 e. The molecule has 2 aliphatic rings. The van der Waals surface area contributed by atoms with Gasteiger partial charge in [0.25, 0.3) is 0 Å². The monoisotopic (exact) mass is 342 g/mol. The normalized spacial score (nSPS) is 26.8. The Morgan fingerprint density at radius 3 is 2.64 bits per heavy atom. The van der Waals surface area contributed by atoms with E-state index in [2.05, 4.69) is 5.92 Å². The summed E-state index contributed by atoms with van der Waals surface area (Å²) in [5.41, 5.74) is 0.427. The van der Waals surface area contributed by atoms with Crippen LogP contribution in [0.25, 0.3) is 0 Å². The minimum Gasteiger partial charge on any atom is -0.493 e. The molecule has 0 unspecified atom stereocenters. The summed E-state index contributed by atoms with van der Waals surface area (Å²) in [7, 11) is 1.63. The van der Waals surface area contributed by atoms with Crippen LogP contribution in [0.4, 0.5) is 0 Å². The van der Waals surface area contributed by atoms with Crippen molar-refractivity contribution in [1.82, 2.24) is 0 Å². The third kappa shape index (κ3) is 3.61. The number of rotatable bonds is 5. The van der Waals surface area contributed by atoms with Crippen molar-refractivity contribution in [3.63, 3.8) is 0 Å². The van der Waals surface area contributed by atoms with Gasteiger partial charge in [-0.25, -0.2) is 0 Å². The number of hydrogen-bond donors (Lipinski definition) is 1. The third-order valence-electron chi connectivity index (χ3n) is 5.69. The highest BCUT2D eigenvalue weighted by molar-refractivity contribution is 5.70. The molecular formula is C21H26O4. The third-order valence-corrected chi connectivity index (χ3v) is 5.69. The zero-order valence-corrected chi connectivity index (χ0v) is 14.8. The number of terminal acetylenes is 1. The Balaban J connectivity index is 1.91. The Bertz CT molecular complexity index is 669. The standard InChI is InChI=1S/C21H26O4/c1-3-21(12-6-7-15(14-21)20(22)23)16-10-11-18(24-2)19(13-16)25-17-8-4-5-9-17/h1,10-11,13,15,17H,4-9,12,14H2,2H3,(H,22,23)/t15-,21+/m1/s1. The fourth-order valence-electron chi connectivity index (χ4n) is 4.21. The fourth-order valence-corrected chi connectivity index (χ4v) is 4.21. The van der Waals surface area contributed by atoms with Gasteiger partial charge in [0.05, 0.1) is 24.5 Å². The van der Waals surface area contributed by atoms with Crippen LogP contribution in [0.15, 0.2) is 18.2 Å². The minimum absolute atomic E-state index is 0.226. The van der Waals surface area contributed by atoms with Crippen molar-refractivity contribution in [2.45, 2.75) is 62.9 Å². The number of benzene rings is 1. The van der Waals surface area contributed by atoms with E-state index in [0.717, 1.165) is 37.0 Å². The van der Waals surface area contributed by atoms with Gasteiger partial charge in [-0.05, 0) is 62.6 Å². The van der Waals surface area contributed by atoms with Crippen LogP contribution in [0.5, 0.6) is 11.5 Å². The van der Waals surface area contributed by atoms with Gasteiger partial charge in [0.15, 0.2) is 11.5 Å². The van der Waals surface area contributed by atoms with Crippen LogP contribution in [-0.4, -0.2) is 24.3 Å². The van der Waals surface area contributed by atoms with E-state index in [1.54, 1.807) is 7.11 Å². The Kier molecular flexibility index (Phi) is 5.22. The lowest BCUT2D eigenvalue weighted by Crippen LogP contribution is -2.34. The van der Waals surface area contributed by atoms with Crippen molar-refractivity contribution in [2.75, 3.05) is 7.11 Å². The SMILES string of the molecule is C#C[C@]1(c2ccc(OC)c(OC3CCCC3)c2)CCC[C@@H](C(=O)O)C1. The molecule has 3 rings (SSSR count). The summed E-state index contributed by atoms with van der Waals surface area (Å²) in [6.07, 6.45) is 13.5. The average molecular weight is 342 g/mol. The average Bonchev–Trinajstić information content (AvgIpc) is 3.14. The van der Waals surface area contributed by atoms with Crippen molar-refractivity contribution in [3.8, 4) is 23.8 Å². The molecule has 2 aliphatic carbocycles. The number of methoxy groups -OCH3 is 1. The molecule has 0 radical (unpaired) electrons. The quantitative estimate of drug-likeness (QED) is 0.816. The molecule has 0 aliphatic heterocycles. The summed E-state index contributed by atoms with van der Waals surface area (Å²) in [5, 5.41) is 9.43. The number of carbonyl (C=O) groups is 1. The van der Waals surface area contributed by atoms with Crippen molar-refractivity contribution < 1.29 is 19.4 Å². The molecule has 4 nitrogen and oxygen atoms in total. The smallest absolute Gasteiger partial charge is 0.306 e. The van der Waals surface area contributed by atoms with E-state index in [1.165, 1.54) is 12.8 Å². The number of carboxylic acids is 1. The summed E-state index contributed by atoms with van der Waals surface area (Å²) >= 11 is 0. The van der Waals surface area contributed by atoms with Crippen molar-refractivity contribution in [1.29, 1.82) is 0 Å². The lowest BCUT2D eigenvalue weighted by atomic mass is 9.66. The molecule has 1 aromatic rings. The summed E-state index contributed by atoms with van der Waals surface area (Å²) in [4.78, 5) is 11.5. The molecular weight excluding hydrogens is 316 g/mol. The van der Waals surface area contributed by atoms with Crippen molar-refractivity contribution in [2.24, 2.45) is 5.92 Å². The minimum atomic E-state index is -0.754. The highest BCUT2D eigenvalue weighted by Gasteiger charge is 2.39. The zero-order chi connectivity index (χ0) is 17.9. The first kappa shape index (κ1) is 17.7. The molecule has 0 amide bonds. The van der Waals surface area contributed by atoms with E-state index in [9.17, 15) is 9.90 Å². The van der Waals surface area contributed by atoms with E-state index >= 15 is 0 Å². The number of ether oxygens (including phenoxy) is 2. The molecule has 0 bridgehead atoms. The van der Waals surface area contributed by atoms with Gasteiger partial charge in [-0.3, -0.25) is 4.79 Å². The second-order valence-corrected chi connectivity index (χ2v) is 7.25. The first-order valence-electron chi connectivity index (χ1n) is 9.14. The maximum atomic E-state index is 11.5. The van der Waals surface area contributed by atoms with Gasteiger partial charge in [0.1, 0.15) is 0 Å². The Hall–Kier alpha value is -2.15. The van der Waals surface area contributed by atoms with Crippen LogP contribution >= 0.6 is 0 Å². The second kappa shape index (κ2) is 7.39. The van der Waals surface area contributed by atoms with Gasteiger partial charge in [0, 0.05) is 0 Å². The topological polar surface area (TPSA) is 55.8 Å². The molecule has 0 saturated heterocycles. The van der Waals surface area contributed by atoms with Gasteiger partial charge < -0.3 is 14.6 Å². The van der Waals surface area contributed by atoms with E-state index < -0.39 is 11.4 Å². The van der Waals surface area contributed by atoms with Gasteiger partial charge in [-0.2, -0.15) is 0 Å². The highest BCUT2D eigenvalue weighted by atomic mass is 16.5. The summed E-state index contributed by atoms with van der Waals surface area (Å²) < 4.78 is 11.6. The van der Waals surface area contributed by atoms with Gasteiger partial charge in [-0.15, -0.1) is 6.42 Å². The van der Waals surface area contributed by atoms with Crippen LogP contribution in [0.3, 0.4) is 0 Å².